The van der Waals surface area contributed by atoms with Gasteiger partial charge in [-0.1, -0.05) is 27.5 Å². The van der Waals surface area contributed by atoms with Crippen LogP contribution in [0.2, 0.25) is 5.02 Å². The van der Waals surface area contributed by atoms with Gasteiger partial charge in [0.05, 0.1) is 16.4 Å². The van der Waals surface area contributed by atoms with Crippen LogP contribution >= 0.6 is 27.5 Å². The number of aromatic nitrogens is 2. The van der Waals surface area contributed by atoms with Gasteiger partial charge < -0.3 is 5.32 Å². The van der Waals surface area contributed by atoms with Crippen molar-refractivity contribution in [2.24, 2.45) is 0 Å². The first-order chi connectivity index (χ1) is 9.97. The molecule has 0 bridgehead atoms. The lowest BCUT2D eigenvalue weighted by molar-refractivity contribution is 0.510. The first-order valence-electron chi connectivity index (χ1n) is 6.81. The monoisotopic (exact) mass is 373 g/mol. The van der Waals surface area contributed by atoms with Crippen molar-refractivity contribution in [1.82, 2.24) is 15.1 Å². The van der Waals surface area contributed by atoms with Gasteiger partial charge in [-0.05, 0) is 39.1 Å². The second-order valence-electron chi connectivity index (χ2n) is 4.87. The number of hydrogen-bond donors (Lipinski definition) is 1. The van der Waals surface area contributed by atoms with Gasteiger partial charge in [-0.25, -0.2) is 4.39 Å². The number of likely N-dealkylation sites (N-methyl/N-ethyl adjacent to an activating group) is 1. The van der Waals surface area contributed by atoms with Gasteiger partial charge >= 0.3 is 0 Å². The predicted molar refractivity (Wildman–Crippen MR) is 87.3 cm³/mol. The molecule has 1 N–H and O–H groups in total. The maximum absolute atomic E-state index is 14.1. The lowest BCUT2D eigenvalue weighted by atomic mass is 10.0. The lowest BCUT2D eigenvalue weighted by Crippen LogP contribution is -2.22. The standard InChI is InChI=1S/C15H18BrClFN3/c1-4-21-14(15(17)9(2)20-21)8-13(19-3)11-7-10(16)5-6-12(11)18/h5-7,13,19H,4,8H2,1-3H3. The summed E-state index contributed by atoms with van der Waals surface area (Å²) >= 11 is 9.73. The van der Waals surface area contributed by atoms with Crippen LogP contribution in [0.4, 0.5) is 4.39 Å². The Morgan fingerprint density at radius 3 is 2.81 bits per heavy atom. The molecule has 114 valence electrons. The summed E-state index contributed by atoms with van der Waals surface area (Å²) < 4.78 is 16.8. The summed E-state index contributed by atoms with van der Waals surface area (Å²) in [5, 5.41) is 8.23. The van der Waals surface area contributed by atoms with E-state index in [2.05, 4.69) is 26.3 Å². The second-order valence-corrected chi connectivity index (χ2v) is 6.17. The third-order valence-electron chi connectivity index (χ3n) is 3.53. The summed E-state index contributed by atoms with van der Waals surface area (Å²) in [6.45, 7) is 4.63. The predicted octanol–water partition coefficient (Wildman–Crippen LogP) is 4.27. The van der Waals surface area contributed by atoms with E-state index in [9.17, 15) is 4.39 Å². The molecule has 6 heteroatoms. The van der Waals surface area contributed by atoms with Crippen LogP contribution in [0, 0.1) is 12.7 Å². The number of nitrogens with one attached hydrogen (secondary N) is 1. The molecule has 3 nitrogen and oxygen atoms in total. The Hall–Kier alpha value is -0.910. The van der Waals surface area contributed by atoms with Crippen LogP contribution in [0.15, 0.2) is 22.7 Å². The van der Waals surface area contributed by atoms with Crippen LogP contribution in [-0.4, -0.2) is 16.8 Å². The number of benzene rings is 1. The Kier molecular flexibility index (Phi) is 5.41. The van der Waals surface area contributed by atoms with Crippen molar-refractivity contribution >= 4 is 27.5 Å². The minimum Gasteiger partial charge on any atom is -0.313 e. The fourth-order valence-corrected chi connectivity index (χ4v) is 3.00. The highest BCUT2D eigenvalue weighted by Crippen LogP contribution is 2.28. The summed E-state index contributed by atoms with van der Waals surface area (Å²) in [5.74, 6) is -0.229. The molecule has 1 unspecified atom stereocenters. The number of halogens is 3. The fraction of sp³-hybridized carbons (Fsp3) is 0.400. The Morgan fingerprint density at radius 1 is 1.48 bits per heavy atom. The molecule has 0 spiro atoms. The highest BCUT2D eigenvalue weighted by molar-refractivity contribution is 9.10. The zero-order chi connectivity index (χ0) is 15.6. The van der Waals surface area contributed by atoms with Crippen molar-refractivity contribution in [3.05, 3.63) is 50.5 Å². The number of nitrogens with zero attached hydrogens (tertiary/aromatic N) is 2. The number of hydrogen-bond acceptors (Lipinski definition) is 2. The molecule has 1 heterocycles. The van der Waals surface area contributed by atoms with Gasteiger partial charge in [0.2, 0.25) is 0 Å². The van der Waals surface area contributed by atoms with E-state index < -0.39 is 0 Å². The average molecular weight is 375 g/mol. The quantitative estimate of drug-likeness (QED) is 0.847. The van der Waals surface area contributed by atoms with Crippen LogP contribution in [0.25, 0.3) is 0 Å². The van der Waals surface area contributed by atoms with E-state index in [1.54, 1.807) is 12.1 Å². The van der Waals surface area contributed by atoms with Crippen molar-refractivity contribution in [2.45, 2.75) is 32.9 Å². The third-order valence-corrected chi connectivity index (χ3v) is 4.52. The van der Waals surface area contributed by atoms with Gasteiger partial charge in [0.1, 0.15) is 5.82 Å². The van der Waals surface area contributed by atoms with Gasteiger partial charge in [-0.15, -0.1) is 0 Å². The molecule has 2 aromatic rings. The maximum Gasteiger partial charge on any atom is 0.128 e. The van der Waals surface area contributed by atoms with E-state index in [-0.39, 0.29) is 11.9 Å². The van der Waals surface area contributed by atoms with E-state index >= 15 is 0 Å². The van der Waals surface area contributed by atoms with Crippen LogP contribution in [0.3, 0.4) is 0 Å². The van der Waals surface area contributed by atoms with Gasteiger partial charge in [-0.2, -0.15) is 5.10 Å². The molecule has 0 amide bonds. The zero-order valence-electron chi connectivity index (χ0n) is 12.3. The first kappa shape index (κ1) is 16.5. The molecule has 2 rings (SSSR count). The second kappa shape index (κ2) is 6.90. The summed E-state index contributed by atoms with van der Waals surface area (Å²) in [6.07, 6.45) is 0.581. The molecule has 0 saturated heterocycles. The summed E-state index contributed by atoms with van der Waals surface area (Å²) in [4.78, 5) is 0. The molecule has 0 aliphatic carbocycles. The molecule has 1 aromatic carbocycles. The largest absolute Gasteiger partial charge is 0.313 e. The topological polar surface area (TPSA) is 29.9 Å². The van der Waals surface area contributed by atoms with E-state index in [4.69, 9.17) is 11.6 Å². The summed E-state index contributed by atoms with van der Waals surface area (Å²) in [6, 6.07) is 4.79. The van der Waals surface area contributed by atoms with Gasteiger partial charge in [0.25, 0.3) is 0 Å². The number of aryl methyl sites for hydroxylation is 2. The number of rotatable bonds is 5. The van der Waals surface area contributed by atoms with Crippen molar-refractivity contribution in [2.75, 3.05) is 7.05 Å². The van der Waals surface area contributed by atoms with Crippen LogP contribution < -0.4 is 5.32 Å². The molecule has 0 saturated carbocycles. The van der Waals surface area contributed by atoms with E-state index in [0.29, 0.717) is 17.0 Å². The van der Waals surface area contributed by atoms with Crippen molar-refractivity contribution in [3.63, 3.8) is 0 Å². The van der Waals surface area contributed by atoms with Crippen LogP contribution in [0.5, 0.6) is 0 Å². The molecule has 1 atom stereocenters. The smallest absolute Gasteiger partial charge is 0.128 e. The molecule has 0 aliphatic heterocycles. The van der Waals surface area contributed by atoms with Crippen molar-refractivity contribution in [3.8, 4) is 0 Å². The fourth-order valence-electron chi connectivity index (χ4n) is 2.41. The first-order valence-corrected chi connectivity index (χ1v) is 7.99. The SMILES string of the molecule is CCn1nc(C)c(Cl)c1CC(NC)c1cc(Br)ccc1F. The Bertz CT molecular complexity index is 642. The van der Waals surface area contributed by atoms with E-state index in [0.717, 1.165) is 22.4 Å². The normalized spacial score (nSPS) is 12.7. The summed E-state index contributed by atoms with van der Waals surface area (Å²) in [7, 11) is 1.82. The molecule has 0 radical (unpaired) electrons. The summed E-state index contributed by atoms with van der Waals surface area (Å²) in [5.41, 5.74) is 2.35. The molecular weight excluding hydrogens is 357 g/mol. The van der Waals surface area contributed by atoms with Crippen LogP contribution in [-0.2, 0) is 13.0 Å². The third kappa shape index (κ3) is 3.47. The lowest BCUT2D eigenvalue weighted by Gasteiger charge is -2.18. The van der Waals surface area contributed by atoms with E-state index in [1.807, 2.05) is 25.6 Å². The molecule has 0 aliphatic rings. The molecule has 21 heavy (non-hydrogen) atoms. The van der Waals surface area contributed by atoms with Crippen molar-refractivity contribution < 1.29 is 4.39 Å². The van der Waals surface area contributed by atoms with Crippen molar-refractivity contribution in [1.29, 1.82) is 0 Å². The molecular formula is C15H18BrClFN3. The Morgan fingerprint density at radius 2 is 2.19 bits per heavy atom. The minimum atomic E-state index is -0.229. The Balaban J connectivity index is 2.38. The average Bonchev–Trinajstić information content (AvgIpc) is 2.74. The van der Waals surface area contributed by atoms with Gasteiger partial charge in [0, 0.05) is 29.0 Å². The molecule has 1 aromatic heterocycles. The van der Waals surface area contributed by atoms with Gasteiger partial charge in [-0.3, -0.25) is 4.68 Å². The maximum atomic E-state index is 14.1. The zero-order valence-corrected chi connectivity index (χ0v) is 14.6. The highest BCUT2D eigenvalue weighted by Gasteiger charge is 2.20. The molecule has 0 fully saturated rings. The van der Waals surface area contributed by atoms with Gasteiger partial charge in [0.15, 0.2) is 0 Å². The van der Waals surface area contributed by atoms with Crippen LogP contribution in [0.1, 0.15) is 29.9 Å². The Labute approximate surface area is 137 Å². The highest BCUT2D eigenvalue weighted by atomic mass is 79.9. The van der Waals surface area contributed by atoms with E-state index in [1.165, 1.54) is 6.07 Å². The minimum absolute atomic E-state index is 0.165.